The Morgan fingerprint density at radius 3 is 2.53 bits per heavy atom. The van der Waals surface area contributed by atoms with Crippen molar-refractivity contribution in [1.29, 1.82) is 0 Å². The fraction of sp³-hybridized carbons (Fsp3) is 0.323. The highest BCUT2D eigenvalue weighted by molar-refractivity contribution is 6.34. The summed E-state index contributed by atoms with van der Waals surface area (Å²) < 4.78 is 34.8. The maximum absolute atomic E-state index is 13.3. The Labute approximate surface area is 254 Å². The van der Waals surface area contributed by atoms with E-state index >= 15 is 0 Å². The number of nitrogens with one attached hydrogen (secondary N) is 1. The number of carbonyl (C=O) groups is 3. The Morgan fingerprint density at radius 1 is 1.09 bits per heavy atom. The Balaban J connectivity index is 1.54. The van der Waals surface area contributed by atoms with Gasteiger partial charge < -0.3 is 29.2 Å². The van der Waals surface area contributed by atoms with Crippen molar-refractivity contribution in [3.8, 4) is 5.75 Å². The zero-order chi connectivity index (χ0) is 30.9. The highest BCUT2D eigenvalue weighted by Gasteiger charge is 2.30. The van der Waals surface area contributed by atoms with Crippen LogP contribution in [0.4, 0.5) is 10.1 Å². The number of amides is 1. The molecule has 228 valence electrons. The standard InChI is InChI=1S/C31H33ClFN3O7/c1-4-42-27-16-26(36-12-6-5-7-23(30(38)40-2)28(36)31(39)41-3)25(32)15-24(27)29(37)34-17-22-19-35(13-14-43-22)18-20-8-10-21(33)11-9-20/h5-12,15-16,22H,4,13-14,17-19H2,1-3H3,(H,34,37). The van der Waals surface area contributed by atoms with Gasteiger partial charge in [-0.25, -0.2) is 14.0 Å². The molecular weight excluding hydrogens is 581 g/mol. The van der Waals surface area contributed by atoms with Crippen LogP contribution >= 0.6 is 11.6 Å². The van der Waals surface area contributed by atoms with Gasteiger partial charge in [-0.15, -0.1) is 0 Å². The molecule has 2 aliphatic heterocycles. The van der Waals surface area contributed by atoms with Crippen LogP contribution in [0.5, 0.6) is 5.75 Å². The monoisotopic (exact) mass is 613 g/mol. The normalized spacial score (nSPS) is 17.0. The highest BCUT2D eigenvalue weighted by Crippen LogP contribution is 2.37. The van der Waals surface area contributed by atoms with Crippen LogP contribution in [0.3, 0.4) is 0 Å². The molecule has 0 radical (unpaired) electrons. The fourth-order valence-electron chi connectivity index (χ4n) is 4.73. The van der Waals surface area contributed by atoms with Crippen LogP contribution in [-0.4, -0.2) is 75.9 Å². The molecule has 0 aromatic heterocycles. The average Bonchev–Trinajstić information content (AvgIpc) is 3.24. The van der Waals surface area contributed by atoms with E-state index < -0.39 is 17.8 Å². The molecule has 2 aromatic rings. The van der Waals surface area contributed by atoms with Gasteiger partial charge in [0.2, 0.25) is 0 Å². The molecule has 1 amide bonds. The number of methoxy groups -OCH3 is 2. The van der Waals surface area contributed by atoms with Gasteiger partial charge in [0, 0.05) is 38.4 Å². The summed E-state index contributed by atoms with van der Waals surface area (Å²) in [6.07, 6.45) is 5.89. The number of morpholine rings is 1. The molecule has 1 fully saturated rings. The van der Waals surface area contributed by atoms with Gasteiger partial charge in [-0.3, -0.25) is 9.69 Å². The Morgan fingerprint density at radius 2 is 1.84 bits per heavy atom. The molecule has 4 rings (SSSR count). The molecular formula is C31H33ClFN3O7. The van der Waals surface area contributed by atoms with Gasteiger partial charge >= 0.3 is 11.9 Å². The lowest BCUT2D eigenvalue weighted by Gasteiger charge is -2.33. The van der Waals surface area contributed by atoms with Gasteiger partial charge in [-0.1, -0.05) is 29.8 Å². The number of allylic oxidation sites excluding steroid dienone is 2. The van der Waals surface area contributed by atoms with Crippen LogP contribution < -0.4 is 15.0 Å². The van der Waals surface area contributed by atoms with Gasteiger partial charge in [-0.2, -0.15) is 0 Å². The van der Waals surface area contributed by atoms with Gasteiger partial charge in [0.15, 0.2) is 0 Å². The molecule has 2 aliphatic rings. The minimum absolute atomic E-state index is 0.0452. The molecule has 1 N–H and O–H groups in total. The second kappa shape index (κ2) is 14.8. The second-order valence-electron chi connectivity index (χ2n) is 9.61. The number of esters is 2. The van der Waals surface area contributed by atoms with Gasteiger partial charge in [0.1, 0.15) is 17.3 Å². The summed E-state index contributed by atoms with van der Waals surface area (Å²) in [4.78, 5) is 42.3. The van der Waals surface area contributed by atoms with Crippen LogP contribution in [0.1, 0.15) is 22.8 Å². The van der Waals surface area contributed by atoms with E-state index in [1.807, 2.05) is 0 Å². The molecule has 0 spiro atoms. The van der Waals surface area contributed by atoms with E-state index in [1.165, 1.54) is 55.7 Å². The van der Waals surface area contributed by atoms with E-state index in [1.54, 1.807) is 31.2 Å². The van der Waals surface area contributed by atoms with Crippen LogP contribution in [-0.2, 0) is 30.3 Å². The van der Waals surface area contributed by atoms with E-state index in [-0.39, 0.29) is 58.4 Å². The summed E-state index contributed by atoms with van der Waals surface area (Å²) >= 11 is 6.68. The Bertz CT molecular complexity index is 1440. The zero-order valence-corrected chi connectivity index (χ0v) is 24.9. The number of carbonyl (C=O) groups excluding carboxylic acids is 3. The van der Waals surface area contributed by atoms with Gasteiger partial charge in [0.25, 0.3) is 5.91 Å². The minimum Gasteiger partial charge on any atom is -0.493 e. The van der Waals surface area contributed by atoms with Crippen molar-refractivity contribution in [3.05, 3.63) is 94.1 Å². The number of rotatable bonds is 10. The fourth-order valence-corrected chi connectivity index (χ4v) is 4.98. The summed E-state index contributed by atoms with van der Waals surface area (Å²) in [5, 5.41) is 3.02. The van der Waals surface area contributed by atoms with E-state index in [2.05, 4.69) is 10.2 Å². The molecule has 1 saturated heterocycles. The number of hydrogen-bond donors (Lipinski definition) is 1. The smallest absolute Gasteiger partial charge is 0.355 e. The average molecular weight is 614 g/mol. The summed E-state index contributed by atoms with van der Waals surface area (Å²) in [6, 6.07) is 9.34. The van der Waals surface area contributed by atoms with Crippen LogP contribution in [0, 0.1) is 5.82 Å². The zero-order valence-electron chi connectivity index (χ0n) is 24.1. The third kappa shape index (κ3) is 7.81. The maximum atomic E-state index is 13.3. The van der Waals surface area contributed by atoms with Crippen molar-refractivity contribution in [3.63, 3.8) is 0 Å². The minimum atomic E-state index is -0.798. The summed E-state index contributed by atoms with van der Waals surface area (Å²) in [6.45, 7) is 4.68. The van der Waals surface area contributed by atoms with Crippen molar-refractivity contribution in [2.45, 2.75) is 19.6 Å². The maximum Gasteiger partial charge on any atom is 0.355 e. The summed E-state index contributed by atoms with van der Waals surface area (Å²) in [5.74, 6) is -2.03. The van der Waals surface area contributed by atoms with Crippen molar-refractivity contribution in [1.82, 2.24) is 10.2 Å². The number of ether oxygens (including phenoxy) is 4. The number of halogens is 2. The van der Waals surface area contributed by atoms with Gasteiger partial charge in [-0.05, 0) is 42.8 Å². The number of hydrogen-bond acceptors (Lipinski definition) is 9. The van der Waals surface area contributed by atoms with Gasteiger partial charge in [0.05, 0.1) is 55.4 Å². The second-order valence-corrected chi connectivity index (χ2v) is 10.0. The van der Waals surface area contributed by atoms with Crippen LogP contribution in [0.25, 0.3) is 0 Å². The number of anilines is 1. The Hall–Kier alpha value is -4.19. The van der Waals surface area contributed by atoms with E-state index in [9.17, 15) is 18.8 Å². The first-order valence-electron chi connectivity index (χ1n) is 13.6. The third-order valence-electron chi connectivity index (χ3n) is 6.77. The number of benzene rings is 2. The Kier molecular flexibility index (Phi) is 10.9. The van der Waals surface area contributed by atoms with Crippen molar-refractivity contribution >= 4 is 35.1 Å². The topological polar surface area (TPSA) is 107 Å². The van der Waals surface area contributed by atoms with Crippen molar-refractivity contribution in [2.24, 2.45) is 0 Å². The van der Waals surface area contributed by atoms with Crippen molar-refractivity contribution in [2.75, 3.05) is 52.0 Å². The first-order valence-corrected chi connectivity index (χ1v) is 14.0. The molecule has 1 unspecified atom stereocenters. The predicted molar refractivity (Wildman–Crippen MR) is 158 cm³/mol. The largest absolute Gasteiger partial charge is 0.493 e. The summed E-state index contributed by atoms with van der Waals surface area (Å²) in [5.41, 5.74) is 1.27. The molecule has 2 aromatic carbocycles. The molecule has 12 heteroatoms. The van der Waals surface area contributed by atoms with E-state index in [0.717, 1.165) is 5.56 Å². The molecule has 10 nitrogen and oxygen atoms in total. The molecule has 0 aliphatic carbocycles. The first kappa shape index (κ1) is 31.7. The molecule has 1 atom stereocenters. The third-order valence-corrected chi connectivity index (χ3v) is 7.08. The lowest BCUT2D eigenvalue weighted by Crippen LogP contribution is -2.47. The lowest BCUT2D eigenvalue weighted by molar-refractivity contribution is -0.139. The van der Waals surface area contributed by atoms with E-state index in [0.29, 0.717) is 26.2 Å². The molecule has 0 bridgehead atoms. The number of nitrogens with zero attached hydrogens (tertiary/aromatic N) is 2. The SMILES string of the molecule is CCOc1cc(N2C=CC=CC(C(=O)OC)=C2C(=O)OC)c(Cl)cc1C(=O)NCC1CN(Cc2ccc(F)cc2)CCO1. The summed E-state index contributed by atoms with van der Waals surface area (Å²) in [7, 11) is 2.40. The molecule has 43 heavy (non-hydrogen) atoms. The van der Waals surface area contributed by atoms with Crippen LogP contribution in [0.15, 0.2) is 72.1 Å². The quantitative estimate of drug-likeness (QED) is 0.398. The lowest BCUT2D eigenvalue weighted by atomic mass is 10.1. The highest BCUT2D eigenvalue weighted by atomic mass is 35.5. The predicted octanol–water partition coefficient (Wildman–Crippen LogP) is 4.00. The molecule has 2 heterocycles. The first-order chi connectivity index (χ1) is 20.7. The van der Waals surface area contributed by atoms with Crippen molar-refractivity contribution < 1.29 is 37.7 Å². The molecule has 0 saturated carbocycles. The van der Waals surface area contributed by atoms with Crippen LogP contribution in [0.2, 0.25) is 5.02 Å². The van der Waals surface area contributed by atoms with E-state index in [4.69, 9.17) is 30.5 Å².